The van der Waals surface area contributed by atoms with E-state index in [2.05, 4.69) is 15.7 Å². The zero-order valence-electron chi connectivity index (χ0n) is 15.5. The fraction of sp³-hybridized carbons (Fsp3) is 0.300. The number of halogens is 3. The Kier molecular flexibility index (Phi) is 4.81. The van der Waals surface area contributed by atoms with Crippen molar-refractivity contribution in [3.05, 3.63) is 71.8 Å². The number of fused-ring (bicyclic) bond motifs is 1. The first-order valence-electron chi connectivity index (χ1n) is 9.15. The maximum Gasteiger partial charge on any atom is 0.410 e. The van der Waals surface area contributed by atoms with Crippen LogP contribution in [0.5, 0.6) is 0 Å². The number of hydrogen-bond donors (Lipinski definition) is 2. The molecule has 0 spiro atoms. The van der Waals surface area contributed by atoms with Gasteiger partial charge in [-0.2, -0.15) is 18.3 Å². The van der Waals surface area contributed by atoms with Crippen molar-refractivity contribution in [1.29, 1.82) is 0 Å². The molecule has 6 nitrogen and oxygen atoms in total. The van der Waals surface area contributed by atoms with Crippen LogP contribution in [0.15, 0.2) is 59.2 Å². The Morgan fingerprint density at radius 2 is 2.03 bits per heavy atom. The van der Waals surface area contributed by atoms with Crippen molar-refractivity contribution in [2.75, 3.05) is 5.32 Å². The summed E-state index contributed by atoms with van der Waals surface area (Å²) in [6, 6.07) is 11.0. The van der Waals surface area contributed by atoms with Crippen LogP contribution in [0, 0.1) is 0 Å². The van der Waals surface area contributed by atoms with Crippen LogP contribution in [0.25, 0.3) is 0 Å². The lowest BCUT2D eigenvalue weighted by molar-refractivity contribution is -0.174. The maximum absolute atomic E-state index is 13.7. The second-order valence-electron chi connectivity index (χ2n) is 6.97. The molecule has 0 bridgehead atoms. The van der Waals surface area contributed by atoms with E-state index >= 15 is 0 Å². The number of carbonyl (C=O) groups is 1. The van der Waals surface area contributed by atoms with Gasteiger partial charge in [-0.3, -0.25) is 4.79 Å². The molecule has 2 N–H and O–H groups in total. The molecule has 1 aliphatic rings. The molecule has 4 rings (SSSR count). The van der Waals surface area contributed by atoms with Crippen LogP contribution in [0.3, 0.4) is 0 Å². The first-order chi connectivity index (χ1) is 13.8. The number of benzene rings is 1. The molecule has 9 heteroatoms. The minimum Gasteiger partial charge on any atom is -0.467 e. The second kappa shape index (κ2) is 7.31. The largest absolute Gasteiger partial charge is 0.467 e. The number of anilines is 1. The maximum atomic E-state index is 13.7. The smallest absolute Gasteiger partial charge is 0.410 e. The Balaban J connectivity index is 1.59. The Labute approximate surface area is 164 Å². The fourth-order valence-corrected chi connectivity index (χ4v) is 3.46. The summed E-state index contributed by atoms with van der Waals surface area (Å²) in [5, 5.41) is 9.71. The Hall–Kier alpha value is -3.23. The summed E-state index contributed by atoms with van der Waals surface area (Å²) >= 11 is 0. The van der Waals surface area contributed by atoms with E-state index < -0.39 is 24.2 Å². The average Bonchev–Trinajstić information content (AvgIpc) is 3.36. The topological polar surface area (TPSA) is 72.1 Å². The summed E-state index contributed by atoms with van der Waals surface area (Å²) in [5.41, 5.74) is 0.804. The number of nitrogens with one attached hydrogen (secondary N) is 2. The first-order valence-corrected chi connectivity index (χ1v) is 9.15. The van der Waals surface area contributed by atoms with E-state index in [4.69, 9.17) is 4.42 Å². The number of carbonyl (C=O) groups excluding carboxylic acids is 1. The molecule has 3 atom stereocenters. The normalized spacial score (nSPS) is 19.9. The van der Waals surface area contributed by atoms with E-state index in [1.807, 2.05) is 30.3 Å². The molecule has 1 amide bonds. The van der Waals surface area contributed by atoms with Crippen molar-refractivity contribution >= 4 is 11.7 Å². The van der Waals surface area contributed by atoms with E-state index in [0.29, 0.717) is 5.76 Å². The molecule has 0 saturated heterocycles. The molecule has 1 aliphatic heterocycles. The molecule has 1 unspecified atom stereocenters. The Bertz CT molecular complexity index is 983. The summed E-state index contributed by atoms with van der Waals surface area (Å²) < 4.78 is 47.1. The van der Waals surface area contributed by atoms with E-state index in [1.165, 1.54) is 12.3 Å². The minimum absolute atomic E-state index is 0.0790. The van der Waals surface area contributed by atoms with Gasteiger partial charge in [0.1, 0.15) is 11.6 Å². The predicted molar refractivity (Wildman–Crippen MR) is 99.3 cm³/mol. The molecule has 0 saturated carbocycles. The van der Waals surface area contributed by atoms with Gasteiger partial charge in [-0.05, 0) is 24.6 Å². The van der Waals surface area contributed by atoms with Crippen molar-refractivity contribution in [3.8, 4) is 0 Å². The molecule has 3 heterocycles. The highest BCUT2D eigenvalue weighted by atomic mass is 19.4. The number of furan rings is 1. The Morgan fingerprint density at radius 3 is 2.69 bits per heavy atom. The summed E-state index contributed by atoms with van der Waals surface area (Å²) in [7, 11) is 0. The molecule has 0 aliphatic carbocycles. The van der Waals surface area contributed by atoms with Crippen molar-refractivity contribution in [3.63, 3.8) is 0 Å². The average molecular weight is 404 g/mol. The number of aromatic nitrogens is 2. The number of amides is 1. The Morgan fingerprint density at radius 1 is 1.28 bits per heavy atom. The van der Waals surface area contributed by atoms with E-state index in [9.17, 15) is 18.0 Å². The highest BCUT2D eigenvalue weighted by Crippen LogP contribution is 2.43. The lowest BCUT2D eigenvalue weighted by atomic mass is 10.0. The van der Waals surface area contributed by atoms with Crippen LogP contribution in [-0.4, -0.2) is 21.9 Å². The zero-order chi connectivity index (χ0) is 20.6. The summed E-state index contributed by atoms with van der Waals surface area (Å²) in [6.07, 6.45) is -3.39. The van der Waals surface area contributed by atoms with Crippen LogP contribution in [-0.2, 0) is 0 Å². The van der Waals surface area contributed by atoms with Gasteiger partial charge in [0.15, 0.2) is 11.7 Å². The quantitative estimate of drug-likeness (QED) is 0.665. The molecule has 2 aromatic heterocycles. The van der Waals surface area contributed by atoms with Crippen molar-refractivity contribution in [1.82, 2.24) is 15.1 Å². The third kappa shape index (κ3) is 3.85. The van der Waals surface area contributed by atoms with Crippen LogP contribution in [0.2, 0.25) is 0 Å². The number of alkyl halides is 3. The van der Waals surface area contributed by atoms with Crippen LogP contribution >= 0.6 is 0 Å². The number of nitrogens with zero attached hydrogens (tertiary/aromatic N) is 2. The standard InChI is InChI=1S/C20H19F3N4O2/c1-12(13-6-3-2-4-7-13)24-19(28)15-11-18-25-14(16-8-5-9-29-16)10-17(20(21,22)23)27(18)26-15/h2-9,11-12,14,17,25H,10H2,1H3,(H,24,28)/t12?,14-,17+/m1/s1. The van der Waals surface area contributed by atoms with Gasteiger partial charge in [-0.25, -0.2) is 4.68 Å². The van der Waals surface area contributed by atoms with Gasteiger partial charge in [0.05, 0.1) is 18.3 Å². The molecule has 29 heavy (non-hydrogen) atoms. The minimum atomic E-state index is -4.52. The van der Waals surface area contributed by atoms with Crippen LogP contribution < -0.4 is 10.6 Å². The number of rotatable bonds is 4. The second-order valence-corrected chi connectivity index (χ2v) is 6.97. The SMILES string of the molecule is CC(NC(=O)c1cc2n(n1)[C@H](C(F)(F)F)C[C@H](c1ccco1)N2)c1ccccc1. The van der Waals surface area contributed by atoms with Gasteiger partial charge in [-0.1, -0.05) is 30.3 Å². The molecule has 0 fully saturated rings. The van der Waals surface area contributed by atoms with Gasteiger partial charge >= 0.3 is 6.18 Å². The molecular weight excluding hydrogens is 385 g/mol. The lowest BCUT2D eigenvalue weighted by Crippen LogP contribution is -2.35. The summed E-state index contributed by atoms with van der Waals surface area (Å²) in [4.78, 5) is 12.6. The van der Waals surface area contributed by atoms with E-state index in [1.54, 1.807) is 19.1 Å². The third-order valence-electron chi connectivity index (χ3n) is 4.96. The van der Waals surface area contributed by atoms with Gasteiger partial charge in [0, 0.05) is 12.5 Å². The van der Waals surface area contributed by atoms with Crippen molar-refractivity contribution in [2.45, 2.75) is 37.6 Å². The lowest BCUT2D eigenvalue weighted by Gasteiger charge is -2.32. The number of hydrogen-bond acceptors (Lipinski definition) is 4. The highest BCUT2D eigenvalue weighted by molar-refractivity contribution is 5.93. The summed E-state index contributed by atoms with van der Waals surface area (Å²) in [6.45, 7) is 1.80. The fourth-order valence-electron chi connectivity index (χ4n) is 3.46. The van der Waals surface area contributed by atoms with Crippen LogP contribution in [0.4, 0.5) is 19.0 Å². The zero-order valence-corrected chi connectivity index (χ0v) is 15.5. The van der Waals surface area contributed by atoms with E-state index in [-0.39, 0.29) is 24.0 Å². The van der Waals surface area contributed by atoms with Crippen LogP contribution in [0.1, 0.15) is 53.3 Å². The molecule has 0 radical (unpaired) electrons. The predicted octanol–water partition coefficient (Wildman–Crippen LogP) is 4.63. The van der Waals surface area contributed by atoms with Gasteiger partial charge in [-0.15, -0.1) is 0 Å². The van der Waals surface area contributed by atoms with E-state index in [0.717, 1.165) is 10.2 Å². The van der Waals surface area contributed by atoms with Gasteiger partial charge < -0.3 is 15.1 Å². The third-order valence-corrected chi connectivity index (χ3v) is 4.96. The van der Waals surface area contributed by atoms with Gasteiger partial charge in [0.2, 0.25) is 0 Å². The monoisotopic (exact) mass is 404 g/mol. The van der Waals surface area contributed by atoms with Crippen molar-refractivity contribution in [2.24, 2.45) is 0 Å². The molecule has 152 valence electrons. The van der Waals surface area contributed by atoms with Crippen molar-refractivity contribution < 1.29 is 22.4 Å². The van der Waals surface area contributed by atoms with Gasteiger partial charge in [0.25, 0.3) is 5.91 Å². The highest BCUT2D eigenvalue weighted by Gasteiger charge is 2.47. The summed E-state index contributed by atoms with van der Waals surface area (Å²) in [5.74, 6) is -0.0200. The molecular formula is C20H19F3N4O2. The molecule has 3 aromatic rings. The molecule has 1 aromatic carbocycles. The first kappa shape index (κ1) is 19.1.